The molecule has 3 heterocycles. The Kier molecular flexibility index (Phi) is 8.88. The molecule has 9 heteroatoms. The monoisotopic (exact) mass is 520 g/mol. The Morgan fingerprint density at radius 1 is 1.29 bits per heavy atom. The van der Waals surface area contributed by atoms with Crippen LogP contribution in [0.15, 0.2) is 18.6 Å². The zero-order chi connectivity index (χ0) is 23.7. The summed E-state index contributed by atoms with van der Waals surface area (Å²) >= 11 is 6.22. The van der Waals surface area contributed by atoms with Crippen LogP contribution in [0.3, 0.4) is 0 Å². The molecule has 182 valence electrons. The van der Waals surface area contributed by atoms with Gasteiger partial charge in [0.15, 0.2) is 18.1 Å². The van der Waals surface area contributed by atoms with E-state index in [9.17, 15) is 8.68 Å². The van der Waals surface area contributed by atoms with Gasteiger partial charge in [-0.3, -0.25) is 13.8 Å². The van der Waals surface area contributed by atoms with Gasteiger partial charge in [-0.2, -0.15) is 0 Å². The molecule has 0 aliphatic heterocycles. The average molecular weight is 521 g/mol. The number of Topliss-reactive ketones (excluding diaryl/α,β-unsaturated/α-hetero) is 1. The molecular formula is C25H31ClFN4OPS. The average Bonchev–Trinajstić information content (AvgIpc) is 3.13. The van der Waals surface area contributed by atoms with Crippen LogP contribution in [-0.2, 0) is 25.7 Å². The molecule has 0 amide bonds. The minimum Gasteiger partial charge on any atom is -0.294 e. The molecule has 0 bridgehead atoms. The normalized spacial score (nSPS) is 13.1. The van der Waals surface area contributed by atoms with Crippen LogP contribution < -0.4 is 5.30 Å². The molecule has 0 fully saturated rings. The summed E-state index contributed by atoms with van der Waals surface area (Å²) in [6, 6.07) is 1.72. The van der Waals surface area contributed by atoms with E-state index in [4.69, 9.17) is 11.6 Å². The van der Waals surface area contributed by atoms with Gasteiger partial charge in [-0.05, 0) is 42.9 Å². The summed E-state index contributed by atoms with van der Waals surface area (Å²) in [4.78, 5) is 26.4. The lowest BCUT2D eigenvalue weighted by Crippen LogP contribution is -2.19. The fourth-order valence-electron chi connectivity index (χ4n) is 4.53. The summed E-state index contributed by atoms with van der Waals surface area (Å²) in [6.45, 7) is 6.03. The maximum absolute atomic E-state index is 14.5. The van der Waals surface area contributed by atoms with Gasteiger partial charge in [-0.15, -0.1) is 13.1 Å². The van der Waals surface area contributed by atoms with E-state index in [1.54, 1.807) is 10.0 Å². The summed E-state index contributed by atoms with van der Waals surface area (Å²) in [5.41, 5.74) is 6.88. The van der Waals surface area contributed by atoms with E-state index in [1.807, 2.05) is 20.0 Å². The van der Waals surface area contributed by atoms with Crippen LogP contribution in [0.5, 0.6) is 0 Å². The number of rotatable bonds is 8. The molecule has 0 saturated carbocycles. The molecular weight excluding hydrogens is 490 g/mol. The van der Waals surface area contributed by atoms with Crippen molar-refractivity contribution in [1.29, 1.82) is 0 Å². The van der Waals surface area contributed by atoms with Gasteiger partial charge in [0, 0.05) is 40.7 Å². The molecule has 34 heavy (non-hydrogen) atoms. The number of fused-ring (bicyclic) bond motifs is 3. The highest BCUT2D eigenvalue weighted by molar-refractivity contribution is 7.92. The van der Waals surface area contributed by atoms with E-state index in [-0.39, 0.29) is 31.5 Å². The number of halogens is 2. The van der Waals surface area contributed by atoms with Crippen molar-refractivity contribution in [3.63, 3.8) is 0 Å². The SMILES string of the molecule is C.CCCc1c(C(=O)C(C)CC)c2c(n1SF)-c1c(cnc(Cc3cc(Cl)ncn3)c1P)CC2. The molecule has 1 aliphatic carbocycles. The van der Waals surface area contributed by atoms with Crippen LogP contribution in [0.2, 0.25) is 5.15 Å². The lowest BCUT2D eigenvalue weighted by molar-refractivity contribution is 0.0925. The largest absolute Gasteiger partial charge is 0.294 e. The van der Waals surface area contributed by atoms with Crippen molar-refractivity contribution in [2.45, 2.75) is 66.7 Å². The van der Waals surface area contributed by atoms with E-state index in [2.05, 4.69) is 31.1 Å². The second-order valence-corrected chi connectivity index (χ2v) is 9.93. The molecule has 0 N–H and O–H groups in total. The van der Waals surface area contributed by atoms with E-state index in [1.165, 1.54) is 6.33 Å². The number of aryl methyl sites for hydroxylation is 1. The van der Waals surface area contributed by atoms with Gasteiger partial charge >= 0.3 is 0 Å². The summed E-state index contributed by atoms with van der Waals surface area (Å²) in [6.07, 6.45) is 7.51. The van der Waals surface area contributed by atoms with E-state index in [0.29, 0.717) is 24.4 Å². The van der Waals surface area contributed by atoms with Gasteiger partial charge in [-0.25, -0.2) is 9.97 Å². The quantitative estimate of drug-likeness (QED) is 0.196. The van der Waals surface area contributed by atoms with Crippen molar-refractivity contribution in [1.82, 2.24) is 18.9 Å². The lowest BCUT2D eigenvalue weighted by Gasteiger charge is -2.22. The molecule has 0 radical (unpaired) electrons. The smallest absolute Gasteiger partial charge is 0.170 e. The second-order valence-electron chi connectivity index (χ2n) is 8.46. The second kappa shape index (κ2) is 11.3. The third-order valence-electron chi connectivity index (χ3n) is 6.38. The number of hydrogen-bond donors (Lipinski definition) is 0. The number of ketones is 1. The molecule has 0 saturated heterocycles. The molecule has 0 aromatic carbocycles. The van der Waals surface area contributed by atoms with E-state index in [0.717, 1.165) is 69.6 Å². The van der Waals surface area contributed by atoms with Gasteiger partial charge in [0.05, 0.1) is 17.1 Å². The first-order valence-corrected chi connectivity index (χ1v) is 12.9. The standard InChI is InChI=1S/C24H27ClFN4OPS.CH4/c1-4-6-18-21(23(31)13(3)5-2)16-8-7-14-11-27-17(9-15-10-19(25)29-12-28-15)24(32)20(14)22(16)30(18)33-26;/h10-13H,4-9,32H2,1-3H3;1H4. The Hall–Kier alpha value is -1.82. The van der Waals surface area contributed by atoms with Crippen molar-refractivity contribution in [2.75, 3.05) is 0 Å². The molecule has 2 unspecified atom stereocenters. The van der Waals surface area contributed by atoms with Crippen molar-refractivity contribution in [3.05, 3.63) is 57.5 Å². The fraction of sp³-hybridized carbons (Fsp3) is 0.440. The molecule has 4 rings (SSSR count). The minimum atomic E-state index is -0.0995. The molecule has 0 spiro atoms. The van der Waals surface area contributed by atoms with Crippen LogP contribution in [0.4, 0.5) is 3.89 Å². The first kappa shape index (κ1) is 26.8. The van der Waals surface area contributed by atoms with Crippen molar-refractivity contribution in [3.8, 4) is 11.3 Å². The van der Waals surface area contributed by atoms with Crippen LogP contribution >= 0.6 is 33.2 Å². The number of aromatic nitrogens is 4. The summed E-state index contributed by atoms with van der Waals surface area (Å²) in [5, 5.41) is 1.28. The Morgan fingerprint density at radius 2 is 2.06 bits per heavy atom. The van der Waals surface area contributed by atoms with Crippen molar-refractivity contribution >= 4 is 44.3 Å². The Morgan fingerprint density at radius 3 is 2.71 bits per heavy atom. The van der Waals surface area contributed by atoms with Crippen molar-refractivity contribution < 1.29 is 8.68 Å². The predicted octanol–water partition coefficient (Wildman–Crippen LogP) is 6.38. The summed E-state index contributed by atoms with van der Waals surface area (Å²) in [7, 11) is 2.79. The number of hydrogen-bond acceptors (Lipinski definition) is 5. The minimum absolute atomic E-state index is 0. The highest BCUT2D eigenvalue weighted by atomic mass is 35.5. The highest BCUT2D eigenvalue weighted by Gasteiger charge is 2.34. The molecule has 3 aromatic rings. The van der Waals surface area contributed by atoms with Gasteiger partial charge < -0.3 is 0 Å². The van der Waals surface area contributed by atoms with E-state index < -0.39 is 0 Å². The van der Waals surface area contributed by atoms with E-state index >= 15 is 0 Å². The summed E-state index contributed by atoms with van der Waals surface area (Å²) in [5.74, 6) is 0.0150. The topological polar surface area (TPSA) is 60.7 Å². The molecule has 2 atom stereocenters. The van der Waals surface area contributed by atoms with Crippen LogP contribution in [0, 0.1) is 5.92 Å². The van der Waals surface area contributed by atoms with Crippen molar-refractivity contribution in [2.24, 2.45) is 5.92 Å². The lowest BCUT2D eigenvalue weighted by atomic mass is 9.85. The first-order chi connectivity index (χ1) is 15.9. The Balaban J connectivity index is 0.00000324. The van der Waals surface area contributed by atoms with Crippen LogP contribution in [0.1, 0.15) is 79.6 Å². The maximum Gasteiger partial charge on any atom is 0.170 e. The fourth-order valence-corrected chi connectivity index (χ4v) is 5.73. The van der Waals surface area contributed by atoms with Crippen LogP contribution in [-0.4, -0.2) is 24.7 Å². The zero-order valence-corrected chi connectivity index (χ0v) is 21.7. The van der Waals surface area contributed by atoms with Gasteiger partial charge in [0.1, 0.15) is 11.5 Å². The third-order valence-corrected chi connectivity index (χ3v) is 7.75. The first-order valence-electron chi connectivity index (χ1n) is 11.2. The number of carbonyl (C=O) groups is 1. The third kappa shape index (κ3) is 4.80. The molecule has 3 aromatic heterocycles. The Bertz CT molecular complexity index is 1220. The predicted molar refractivity (Wildman–Crippen MR) is 143 cm³/mol. The van der Waals surface area contributed by atoms with Gasteiger partial charge in [-0.1, -0.05) is 46.2 Å². The number of nitrogens with zero attached hydrogens (tertiary/aromatic N) is 4. The number of pyridine rings is 1. The highest BCUT2D eigenvalue weighted by Crippen LogP contribution is 2.42. The summed E-state index contributed by atoms with van der Waals surface area (Å²) < 4.78 is 16.1. The Labute approximate surface area is 213 Å². The molecule has 1 aliphatic rings. The number of carbonyl (C=O) groups excluding carboxylic acids is 1. The van der Waals surface area contributed by atoms with Gasteiger partial charge in [0.25, 0.3) is 0 Å². The zero-order valence-electron chi connectivity index (χ0n) is 19.0. The van der Waals surface area contributed by atoms with Crippen LogP contribution in [0.25, 0.3) is 11.3 Å². The van der Waals surface area contributed by atoms with Gasteiger partial charge in [0.2, 0.25) is 0 Å². The maximum atomic E-state index is 14.5. The molecule has 5 nitrogen and oxygen atoms in total.